The van der Waals surface area contributed by atoms with Crippen molar-refractivity contribution in [3.8, 4) is 0 Å². The van der Waals surface area contributed by atoms with Crippen molar-refractivity contribution in [3.05, 3.63) is 11.1 Å². The molecule has 2 nitrogen and oxygen atoms in total. The fourth-order valence-electron chi connectivity index (χ4n) is 1.74. The standard InChI is InChI=1S/C9H17NO/c1-7-5-3-4-6-8(7)9(2,10)11/h11H,3-6,10H2,1-2H3. The highest BCUT2D eigenvalue weighted by Crippen LogP contribution is 2.29. The van der Waals surface area contributed by atoms with Gasteiger partial charge in [-0.3, -0.25) is 0 Å². The highest BCUT2D eigenvalue weighted by molar-refractivity contribution is 5.22. The summed E-state index contributed by atoms with van der Waals surface area (Å²) in [5.74, 6) is 0. The van der Waals surface area contributed by atoms with E-state index in [4.69, 9.17) is 5.73 Å². The first-order valence-electron chi connectivity index (χ1n) is 4.22. The molecule has 0 bridgehead atoms. The second-order valence-corrected chi connectivity index (χ2v) is 3.61. The molecule has 0 saturated heterocycles. The van der Waals surface area contributed by atoms with Crippen LogP contribution in [0.3, 0.4) is 0 Å². The first-order chi connectivity index (χ1) is 5.02. The van der Waals surface area contributed by atoms with Crippen LogP contribution in [0.2, 0.25) is 0 Å². The molecule has 1 unspecified atom stereocenters. The SMILES string of the molecule is CC1=C(C(C)(N)O)CCCC1. The van der Waals surface area contributed by atoms with Gasteiger partial charge in [0.05, 0.1) is 0 Å². The molecule has 2 heteroatoms. The van der Waals surface area contributed by atoms with Crippen LogP contribution in [0.4, 0.5) is 0 Å². The van der Waals surface area contributed by atoms with Crippen LogP contribution in [-0.2, 0) is 0 Å². The second kappa shape index (κ2) is 2.95. The molecule has 0 saturated carbocycles. The van der Waals surface area contributed by atoms with Gasteiger partial charge in [-0.15, -0.1) is 0 Å². The van der Waals surface area contributed by atoms with Crippen molar-refractivity contribution in [2.75, 3.05) is 0 Å². The largest absolute Gasteiger partial charge is 0.372 e. The highest BCUT2D eigenvalue weighted by Gasteiger charge is 2.23. The van der Waals surface area contributed by atoms with E-state index in [1.165, 1.54) is 18.4 Å². The minimum Gasteiger partial charge on any atom is -0.372 e. The molecule has 1 rings (SSSR count). The Bertz CT molecular complexity index is 176. The van der Waals surface area contributed by atoms with Crippen LogP contribution in [-0.4, -0.2) is 10.8 Å². The lowest BCUT2D eigenvalue weighted by molar-refractivity contribution is 0.0990. The van der Waals surface area contributed by atoms with E-state index >= 15 is 0 Å². The Labute approximate surface area is 68.1 Å². The minimum atomic E-state index is -1.08. The Balaban J connectivity index is 2.83. The molecular formula is C9H17NO. The maximum absolute atomic E-state index is 9.53. The normalized spacial score (nSPS) is 25.1. The molecule has 0 heterocycles. The molecule has 11 heavy (non-hydrogen) atoms. The fraction of sp³-hybridized carbons (Fsp3) is 0.778. The summed E-state index contributed by atoms with van der Waals surface area (Å²) < 4.78 is 0. The van der Waals surface area contributed by atoms with Gasteiger partial charge in [-0.05, 0) is 45.1 Å². The van der Waals surface area contributed by atoms with Crippen LogP contribution < -0.4 is 5.73 Å². The zero-order valence-electron chi connectivity index (χ0n) is 7.35. The van der Waals surface area contributed by atoms with Crippen molar-refractivity contribution in [2.24, 2.45) is 5.73 Å². The molecular weight excluding hydrogens is 138 g/mol. The monoisotopic (exact) mass is 155 g/mol. The summed E-state index contributed by atoms with van der Waals surface area (Å²) in [6, 6.07) is 0. The van der Waals surface area contributed by atoms with Crippen molar-refractivity contribution in [3.63, 3.8) is 0 Å². The Hall–Kier alpha value is -0.340. The first-order valence-corrected chi connectivity index (χ1v) is 4.22. The molecule has 1 aliphatic carbocycles. The van der Waals surface area contributed by atoms with Gasteiger partial charge < -0.3 is 10.8 Å². The van der Waals surface area contributed by atoms with Gasteiger partial charge in [0.1, 0.15) is 5.72 Å². The van der Waals surface area contributed by atoms with Crippen LogP contribution >= 0.6 is 0 Å². The predicted octanol–water partition coefficient (Wildman–Crippen LogP) is 1.54. The number of hydrogen-bond acceptors (Lipinski definition) is 2. The molecule has 0 radical (unpaired) electrons. The third-order valence-electron chi connectivity index (χ3n) is 2.35. The van der Waals surface area contributed by atoms with E-state index in [0.717, 1.165) is 18.4 Å². The molecule has 0 fully saturated rings. The van der Waals surface area contributed by atoms with Crippen LogP contribution in [0.1, 0.15) is 39.5 Å². The van der Waals surface area contributed by atoms with E-state index in [1.807, 2.05) is 0 Å². The van der Waals surface area contributed by atoms with E-state index in [0.29, 0.717) is 0 Å². The minimum absolute atomic E-state index is 0.968. The number of allylic oxidation sites excluding steroid dienone is 1. The topological polar surface area (TPSA) is 46.2 Å². The zero-order chi connectivity index (χ0) is 8.48. The number of nitrogens with two attached hydrogens (primary N) is 1. The van der Waals surface area contributed by atoms with Crippen molar-refractivity contribution < 1.29 is 5.11 Å². The maximum atomic E-state index is 9.53. The summed E-state index contributed by atoms with van der Waals surface area (Å²) in [6.45, 7) is 3.73. The molecule has 0 aromatic rings. The molecule has 0 aliphatic heterocycles. The van der Waals surface area contributed by atoms with Gasteiger partial charge in [0.2, 0.25) is 0 Å². The van der Waals surface area contributed by atoms with Crippen molar-refractivity contribution in [1.29, 1.82) is 0 Å². The van der Waals surface area contributed by atoms with E-state index in [-0.39, 0.29) is 0 Å². The summed E-state index contributed by atoms with van der Waals surface area (Å²) in [5, 5.41) is 9.53. The Morgan fingerprint density at radius 1 is 1.36 bits per heavy atom. The van der Waals surface area contributed by atoms with Crippen molar-refractivity contribution >= 4 is 0 Å². The highest BCUT2D eigenvalue weighted by atomic mass is 16.3. The van der Waals surface area contributed by atoms with Gasteiger partial charge in [0, 0.05) is 0 Å². The number of rotatable bonds is 1. The molecule has 1 aliphatic rings. The molecule has 0 amide bonds. The van der Waals surface area contributed by atoms with Gasteiger partial charge in [0.15, 0.2) is 0 Å². The molecule has 3 N–H and O–H groups in total. The zero-order valence-corrected chi connectivity index (χ0v) is 7.35. The fourth-order valence-corrected chi connectivity index (χ4v) is 1.74. The van der Waals surface area contributed by atoms with E-state index < -0.39 is 5.72 Å². The number of hydrogen-bond donors (Lipinski definition) is 2. The summed E-state index contributed by atoms with van der Waals surface area (Å²) in [7, 11) is 0. The van der Waals surface area contributed by atoms with Gasteiger partial charge in [-0.2, -0.15) is 0 Å². The summed E-state index contributed by atoms with van der Waals surface area (Å²) >= 11 is 0. The smallest absolute Gasteiger partial charge is 0.133 e. The first kappa shape index (κ1) is 8.75. The Morgan fingerprint density at radius 2 is 1.91 bits per heavy atom. The van der Waals surface area contributed by atoms with Crippen LogP contribution in [0.15, 0.2) is 11.1 Å². The maximum Gasteiger partial charge on any atom is 0.133 e. The summed E-state index contributed by atoms with van der Waals surface area (Å²) in [6.07, 6.45) is 4.48. The van der Waals surface area contributed by atoms with Gasteiger partial charge in [0.25, 0.3) is 0 Å². The molecule has 0 aromatic carbocycles. The number of aliphatic hydroxyl groups is 1. The Kier molecular flexibility index (Phi) is 2.35. The van der Waals surface area contributed by atoms with E-state index in [1.54, 1.807) is 6.92 Å². The molecule has 64 valence electrons. The van der Waals surface area contributed by atoms with E-state index in [2.05, 4.69) is 6.92 Å². The lowest BCUT2D eigenvalue weighted by atomic mass is 9.87. The van der Waals surface area contributed by atoms with Crippen LogP contribution in [0.5, 0.6) is 0 Å². The lowest BCUT2D eigenvalue weighted by Gasteiger charge is -2.27. The third-order valence-corrected chi connectivity index (χ3v) is 2.35. The van der Waals surface area contributed by atoms with Crippen molar-refractivity contribution in [2.45, 2.75) is 45.3 Å². The van der Waals surface area contributed by atoms with Crippen molar-refractivity contribution in [1.82, 2.24) is 0 Å². The lowest BCUT2D eigenvalue weighted by Crippen LogP contribution is -2.39. The average molecular weight is 155 g/mol. The van der Waals surface area contributed by atoms with Crippen LogP contribution in [0.25, 0.3) is 0 Å². The third kappa shape index (κ3) is 2.04. The second-order valence-electron chi connectivity index (χ2n) is 3.61. The van der Waals surface area contributed by atoms with E-state index in [9.17, 15) is 5.11 Å². The molecule has 1 atom stereocenters. The van der Waals surface area contributed by atoms with Crippen LogP contribution in [0, 0.1) is 0 Å². The predicted molar refractivity (Wildman–Crippen MR) is 46.0 cm³/mol. The quantitative estimate of drug-likeness (QED) is 0.445. The molecule has 0 aromatic heterocycles. The van der Waals surface area contributed by atoms with Gasteiger partial charge >= 0.3 is 0 Å². The summed E-state index contributed by atoms with van der Waals surface area (Å²) in [5.41, 5.74) is 6.85. The van der Waals surface area contributed by atoms with Gasteiger partial charge in [-0.25, -0.2) is 0 Å². The summed E-state index contributed by atoms with van der Waals surface area (Å²) in [4.78, 5) is 0. The average Bonchev–Trinajstić information content (AvgIpc) is 1.86. The van der Waals surface area contributed by atoms with Gasteiger partial charge in [-0.1, -0.05) is 5.57 Å². The molecule has 0 spiro atoms. The Morgan fingerprint density at radius 3 is 2.27 bits per heavy atom.